The summed E-state index contributed by atoms with van der Waals surface area (Å²) < 4.78 is 9.82. The highest BCUT2D eigenvalue weighted by Gasteiger charge is 2.13. The number of ether oxygens (including phenoxy) is 2. The van der Waals surface area contributed by atoms with Gasteiger partial charge in [0.1, 0.15) is 12.3 Å². The Morgan fingerprint density at radius 3 is 2.59 bits per heavy atom. The number of esters is 1. The first kappa shape index (κ1) is 13.6. The molecule has 5 heteroatoms. The van der Waals surface area contributed by atoms with E-state index < -0.39 is 0 Å². The minimum absolute atomic E-state index is 0.0765. The van der Waals surface area contributed by atoms with Gasteiger partial charge in [0.25, 0.3) is 0 Å². The van der Waals surface area contributed by atoms with E-state index in [1.807, 2.05) is 19.9 Å². The van der Waals surface area contributed by atoms with Gasteiger partial charge in [0.2, 0.25) is 0 Å². The quantitative estimate of drug-likeness (QED) is 0.842. The Labute approximate surface area is 106 Å². The lowest BCUT2D eigenvalue weighted by molar-refractivity contribution is -0.138. The van der Waals surface area contributed by atoms with Crippen LogP contribution in [0.25, 0.3) is 0 Å². The zero-order valence-corrected chi connectivity index (χ0v) is 11.1. The molecule has 1 aromatic rings. The van der Waals surface area contributed by atoms with Crippen LogP contribution in [0.15, 0.2) is 6.07 Å². The second-order valence-corrected chi connectivity index (χ2v) is 4.02. The molecule has 17 heavy (non-hydrogen) atoms. The molecule has 0 bridgehead atoms. The first-order chi connectivity index (χ1) is 8.01. The molecule has 0 saturated heterocycles. The molecule has 0 aliphatic rings. The average Bonchev–Trinajstić information content (AvgIpc) is 2.33. The van der Waals surface area contributed by atoms with Crippen LogP contribution in [0.3, 0.4) is 0 Å². The number of methoxy groups -OCH3 is 2. The molecule has 4 nitrogen and oxygen atoms in total. The first-order valence-corrected chi connectivity index (χ1v) is 5.53. The van der Waals surface area contributed by atoms with E-state index in [4.69, 9.17) is 16.3 Å². The van der Waals surface area contributed by atoms with Crippen molar-refractivity contribution in [2.24, 2.45) is 0 Å². The number of anilines is 1. The van der Waals surface area contributed by atoms with Gasteiger partial charge in [-0.15, -0.1) is 0 Å². The van der Waals surface area contributed by atoms with Crippen LogP contribution in [0.4, 0.5) is 5.69 Å². The van der Waals surface area contributed by atoms with Crippen LogP contribution < -0.4 is 10.1 Å². The summed E-state index contributed by atoms with van der Waals surface area (Å²) in [6.45, 7) is 3.85. The number of hydrogen-bond acceptors (Lipinski definition) is 4. The maximum Gasteiger partial charge on any atom is 0.325 e. The van der Waals surface area contributed by atoms with Gasteiger partial charge in [-0.1, -0.05) is 11.6 Å². The Balaban J connectivity index is 3.04. The van der Waals surface area contributed by atoms with E-state index in [9.17, 15) is 4.79 Å². The molecule has 0 radical (unpaired) electrons. The zero-order valence-electron chi connectivity index (χ0n) is 10.4. The summed E-state index contributed by atoms with van der Waals surface area (Å²) in [6.07, 6.45) is 0. The van der Waals surface area contributed by atoms with Gasteiger partial charge < -0.3 is 14.8 Å². The van der Waals surface area contributed by atoms with E-state index in [1.54, 1.807) is 7.11 Å². The lowest BCUT2D eigenvalue weighted by atomic mass is 10.1. The molecule has 0 spiro atoms. The molecule has 0 aliphatic heterocycles. The predicted octanol–water partition coefficient (Wildman–Crippen LogP) is 2.55. The van der Waals surface area contributed by atoms with Crippen molar-refractivity contribution in [1.82, 2.24) is 0 Å². The van der Waals surface area contributed by atoms with Gasteiger partial charge in [0.15, 0.2) is 0 Å². The second kappa shape index (κ2) is 5.77. The molecule has 0 saturated carbocycles. The second-order valence-electron chi connectivity index (χ2n) is 3.64. The maximum atomic E-state index is 11.1. The van der Waals surface area contributed by atoms with E-state index in [-0.39, 0.29) is 12.5 Å². The zero-order chi connectivity index (χ0) is 13.0. The van der Waals surface area contributed by atoms with Crippen molar-refractivity contribution in [3.8, 4) is 5.75 Å². The van der Waals surface area contributed by atoms with Crippen LogP contribution >= 0.6 is 11.6 Å². The summed E-state index contributed by atoms with van der Waals surface area (Å²) in [4.78, 5) is 11.1. The molecule has 0 heterocycles. The molecule has 0 unspecified atom stereocenters. The van der Waals surface area contributed by atoms with Gasteiger partial charge in [-0.25, -0.2) is 0 Å². The van der Waals surface area contributed by atoms with Crippen LogP contribution in [0.1, 0.15) is 11.1 Å². The van der Waals surface area contributed by atoms with E-state index in [0.717, 1.165) is 11.1 Å². The van der Waals surface area contributed by atoms with E-state index in [1.165, 1.54) is 7.11 Å². The molecule has 0 amide bonds. The number of aryl methyl sites for hydroxylation is 1. The summed E-state index contributed by atoms with van der Waals surface area (Å²) in [7, 11) is 2.92. The Hall–Kier alpha value is -1.42. The summed E-state index contributed by atoms with van der Waals surface area (Å²) in [5.41, 5.74) is 2.51. The third-order valence-electron chi connectivity index (χ3n) is 2.50. The van der Waals surface area contributed by atoms with Crippen LogP contribution in [0.5, 0.6) is 5.75 Å². The van der Waals surface area contributed by atoms with Crippen molar-refractivity contribution in [2.75, 3.05) is 26.1 Å². The third kappa shape index (κ3) is 3.03. The summed E-state index contributed by atoms with van der Waals surface area (Å²) in [5.74, 6) is 0.316. The minimum atomic E-state index is -0.344. The molecule has 0 fully saturated rings. The number of hydrogen-bond donors (Lipinski definition) is 1. The molecule has 0 aromatic heterocycles. The van der Waals surface area contributed by atoms with Crippen molar-refractivity contribution in [1.29, 1.82) is 0 Å². The van der Waals surface area contributed by atoms with Crippen LogP contribution in [0, 0.1) is 13.8 Å². The van der Waals surface area contributed by atoms with Crippen molar-refractivity contribution >= 4 is 23.3 Å². The molecule has 0 aliphatic carbocycles. The maximum absolute atomic E-state index is 11.1. The van der Waals surface area contributed by atoms with E-state index in [2.05, 4.69) is 10.1 Å². The number of rotatable bonds is 4. The van der Waals surface area contributed by atoms with Crippen molar-refractivity contribution < 1.29 is 14.3 Å². The Morgan fingerprint density at radius 1 is 1.41 bits per heavy atom. The molecule has 1 rings (SSSR count). The van der Waals surface area contributed by atoms with Crippen molar-refractivity contribution in [3.63, 3.8) is 0 Å². The number of carbonyl (C=O) groups excluding carboxylic acids is 1. The molecule has 94 valence electrons. The summed E-state index contributed by atoms with van der Waals surface area (Å²) >= 11 is 6.15. The fraction of sp³-hybridized carbons (Fsp3) is 0.417. The lowest BCUT2D eigenvalue weighted by Crippen LogP contribution is -2.16. The fourth-order valence-corrected chi connectivity index (χ4v) is 1.68. The molecular formula is C12H16ClNO3. The molecule has 1 aromatic carbocycles. The summed E-state index contributed by atoms with van der Waals surface area (Å²) in [5, 5.41) is 3.63. The number of nitrogens with one attached hydrogen (secondary N) is 1. The highest BCUT2D eigenvalue weighted by molar-refractivity contribution is 6.32. The summed E-state index contributed by atoms with van der Waals surface area (Å²) in [6, 6.07) is 1.83. The van der Waals surface area contributed by atoms with Gasteiger partial charge in [-0.2, -0.15) is 0 Å². The fourth-order valence-electron chi connectivity index (χ4n) is 1.54. The lowest BCUT2D eigenvalue weighted by Gasteiger charge is -2.16. The Kier molecular flexibility index (Phi) is 4.63. The third-order valence-corrected chi connectivity index (χ3v) is 3.08. The van der Waals surface area contributed by atoms with E-state index in [0.29, 0.717) is 16.5 Å². The topological polar surface area (TPSA) is 47.6 Å². The van der Waals surface area contributed by atoms with Gasteiger partial charge in [-0.05, 0) is 31.0 Å². The Morgan fingerprint density at radius 2 is 2.06 bits per heavy atom. The van der Waals surface area contributed by atoms with Gasteiger partial charge >= 0.3 is 5.97 Å². The first-order valence-electron chi connectivity index (χ1n) is 5.15. The number of carbonyl (C=O) groups is 1. The predicted molar refractivity (Wildman–Crippen MR) is 68.0 cm³/mol. The van der Waals surface area contributed by atoms with Gasteiger partial charge in [0, 0.05) is 5.02 Å². The van der Waals surface area contributed by atoms with Crippen LogP contribution in [-0.4, -0.2) is 26.7 Å². The highest BCUT2D eigenvalue weighted by atomic mass is 35.5. The minimum Gasteiger partial charge on any atom is -0.495 e. The molecule has 0 atom stereocenters. The van der Waals surface area contributed by atoms with Gasteiger partial charge in [0.05, 0.1) is 19.9 Å². The monoisotopic (exact) mass is 257 g/mol. The molecular weight excluding hydrogens is 242 g/mol. The largest absolute Gasteiger partial charge is 0.495 e. The smallest absolute Gasteiger partial charge is 0.325 e. The van der Waals surface area contributed by atoms with Crippen molar-refractivity contribution in [2.45, 2.75) is 13.8 Å². The van der Waals surface area contributed by atoms with Crippen LogP contribution in [-0.2, 0) is 9.53 Å². The highest BCUT2D eigenvalue weighted by Crippen LogP contribution is 2.35. The van der Waals surface area contributed by atoms with Gasteiger partial charge in [-0.3, -0.25) is 4.79 Å². The van der Waals surface area contributed by atoms with Crippen molar-refractivity contribution in [3.05, 3.63) is 22.2 Å². The average molecular weight is 258 g/mol. The van der Waals surface area contributed by atoms with Crippen LogP contribution in [0.2, 0.25) is 5.02 Å². The molecule has 1 N–H and O–H groups in total. The number of benzene rings is 1. The standard InChI is InChI=1S/C12H16ClNO3/c1-7-5-9(16-3)12(8(2)11(7)13)14-6-10(15)17-4/h5,14H,6H2,1-4H3. The Bertz CT molecular complexity index is 432. The SMILES string of the molecule is COC(=O)CNc1c(OC)cc(C)c(Cl)c1C. The van der Waals surface area contributed by atoms with E-state index >= 15 is 0 Å². The normalized spacial score (nSPS) is 9.94. The number of halogens is 1.